The van der Waals surface area contributed by atoms with E-state index in [-0.39, 0.29) is 23.9 Å². The van der Waals surface area contributed by atoms with Crippen LogP contribution >= 0.6 is 0 Å². The maximum absolute atomic E-state index is 12.5. The summed E-state index contributed by atoms with van der Waals surface area (Å²) in [7, 11) is 0. The van der Waals surface area contributed by atoms with Gasteiger partial charge in [0.15, 0.2) is 0 Å². The molecule has 1 aliphatic rings. The molecule has 0 unspecified atom stereocenters. The van der Waals surface area contributed by atoms with Crippen molar-refractivity contribution in [2.24, 2.45) is 0 Å². The minimum absolute atomic E-state index is 0.0729. The monoisotopic (exact) mass is 367 g/mol. The molecule has 140 valence electrons. The molecule has 3 aromatic rings. The lowest BCUT2D eigenvalue weighted by atomic mass is 9.93. The molecule has 3 aromatic heterocycles. The van der Waals surface area contributed by atoms with Crippen LogP contribution in [0.5, 0.6) is 6.01 Å². The van der Waals surface area contributed by atoms with Gasteiger partial charge in [-0.3, -0.25) is 4.79 Å². The lowest BCUT2D eigenvalue weighted by Crippen LogP contribution is -2.40. The molecule has 1 saturated carbocycles. The summed E-state index contributed by atoms with van der Waals surface area (Å²) in [4.78, 5) is 29.3. The highest BCUT2D eigenvalue weighted by molar-refractivity contribution is 5.91. The normalized spacial score (nSPS) is 19.8. The SMILES string of the molecule is Cc1cc(C)n2nc(C(=O)NC3CCC(Oc4ncccn4)CC3)nc2n1. The van der Waals surface area contributed by atoms with E-state index in [1.54, 1.807) is 23.0 Å². The van der Waals surface area contributed by atoms with Crippen molar-refractivity contribution in [3.05, 3.63) is 41.7 Å². The zero-order valence-corrected chi connectivity index (χ0v) is 15.3. The number of carbonyl (C=O) groups excluding carboxylic acids is 1. The van der Waals surface area contributed by atoms with E-state index in [1.807, 2.05) is 19.9 Å². The van der Waals surface area contributed by atoms with Crippen LogP contribution in [-0.4, -0.2) is 47.6 Å². The average Bonchev–Trinajstić information content (AvgIpc) is 3.09. The second kappa shape index (κ2) is 7.26. The third-order valence-corrected chi connectivity index (χ3v) is 4.64. The van der Waals surface area contributed by atoms with Crippen LogP contribution < -0.4 is 10.1 Å². The fourth-order valence-electron chi connectivity index (χ4n) is 3.33. The number of amides is 1. The topological polar surface area (TPSA) is 107 Å². The van der Waals surface area contributed by atoms with E-state index >= 15 is 0 Å². The Balaban J connectivity index is 1.35. The lowest BCUT2D eigenvalue weighted by molar-refractivity contribution is 0.0875. The van der Waals surface area contributed by atoms with Crippen LogP contribution in [-0.2, 0) is 0 Å². The number of fused-ring (bicyclic) bond motifs is 1. The molecule has 0 bridgehead atoms. The number of nitrogens with zero attached hydrogens (tertiary/aromatic N) is 6. The van der Waals surface area contributed by atoms with E-state index < -0.39 is 0 Å². The summed E-state index contributed by atoms with van der Waals surface area (Å²) >= 11 is 0. The first-order valence-electron chi connectivity index (χ1n) is 9.04. The van der Waals surface area contributed by atoms with Gasteiger partial charge in [0.05, 0.1) is 0 Å². The summed E-state index contributed by atoms with van der Waals surface area (Å²) in [6.07, 6.45) is 6.72. The molecule has 9 nitrogen and oxygen atoms in total. The first-order chi connectivity index (χ1) is 13.1. The summed E-state index contributed by atoms with van der Waals surface area (Å²) in [5, 5.41) is 7.30. The summed E-state index contributed by atoms with van der Waals surface area (Å²) in [5.74, 6) is 0.318. The average molecular weight is 367 g/mol. The second-order valence-corrected chi connectivity index (χ2v) is 6.78. The minimum atomic E-state index is -0.270. The molecule has 0 aromatic carbocycles. The fourth-order valence-corrected chi connectivity index (χ4v) is 3.33. The Labute approximate surface area is 156 Å². The molecule has 27 heavy (non-hydrogen) atoms. The van der Waals surface area contributed by atoms with Crippen LogP contribution in [0.3, 0.4) is 0 Å². The number of aryl methyl sites for hydroxylation is 2. The van der Waals surface area contributed by atoms with Gasteiger partial charge in [0.25, 0.3) is 11.7 Å². The van der Waals surface area contributed by atoms with Gasteiger partial charge in [-0.2, -0.15) is 4.98 Å². The molecule has 4 rings (SSSR count). The number of hydrogen-bond acceptors (Lipinski definition) is 7. The molecular weight excluding hydrogens is 346 g/mol. The molecule has 1 amide bonds. The van der Waals surface area contributed by atoms with Gasteiger partial charge < -0.3 is 10.1 Å². The maximum Gasteiger partial charge on any atom is 0.316 e. The summed E-state index contributed by atoms with van der Waals surface area (Å²) in [6.45, 7) is 3.80. The Morgan fingerprint density at radius 1 is 1.15 bits per heavy atom. The van der Waals surface area contributed by atoms with E-state index in [1.165, 1.54) is 0 Å². The van der Waals surface area contributed by atoms with Gasteiger partial charge in [-0.25, -0.2) is 19.5 Å². The van der Waals surface area contributed by atoms with Gasteiger partial charge in [0.2, 0.25) is 5.82 Å². The molecule has 9 heteroatoms. The Bertz CT molecular complexity index is 949. The first kappa shape index (κ1) is 17.3. The van der Waals surface area contributed by atoms with Gasteiger partial charge in [-0.1, -0.05) is 0 Å². The first-order valence-corrected chi connectivity index (χ1v) is 9.04. The van der Waals surface area contributed by atoms with Gasteiger partial charge in [0.1, 0.15) is 6.10 Å². The molecule has 0 saturated heterocycles. The molecule has 0 spiro atoms. The second-order valence-electron chi connectivity index (χ2n) is 6.78. The smallest absolute Gasteiger partial charge is 0.316 e. The van der Waals surface area contributed by atoms with Crippen LogP contribution in [0.25, 0.3) is 5.78 Å². The molecule has 1 fully saturated rings. The van der Waals surface area contributed by atoms with Gasteiger partial charge in [0, 0.05) is 29.8 Å². The van der Waals surface area contributed by atoms with Gasteiger partial charge in [-0.05, 0) is 51.7 Å². The number of carbonyl (C=O) groups is 1. The van der Waals surface area contributed by atoms with E-state index in [4.69, 9.17) is 4.74 Å². The van der Waals surface area contributed by atoms with Crippen molar-refractivity contribution in [3.63, 3.8) is 0 Å². The van der Waals surface area contributed by atoms with Crippen molar-refractivity contribution in [3.8, 4) is 6.01 Å². The van der Waals surface area contributed by atoms with Crippen LogP contribution in [0.4, 0.5) is 0 Å². The highest BCUT2D eigenvalue weighted by Crippen LogP contribution is 2.22. The van der Waals surface area contributed by atoms with E-state index in [0.717, 1.165) is 37.1 Å². The Morgan fingerprint density at radius 2 is 1.89 bits per heavy atom. The largest absolute Gasteiger partial charge is 0.460 e. The van der Waals surface area contributed by atoms with Crippen LogP contribution in [0, 0.1) is 13.8 Å². The van der Waals surface area contributed by atoms with Gasteiger partial charge in [-0.15, -0.1) is 5.10 Å². The summed E-state index contributed by atoms with van der Waals surface area (Å²) in [5.41, 5.74) is 1.74. The van der Waals surface area contributed by atoms with Crippen LogP contribution in [0.1, 0.15) is 47.7 Å². The predicted molar refractivity (Wildman–Crippen MR) is 96.4 cm³/mol. The van der Waals surface area contributed by atoms with E-state index in [2.05, 4.69) is 30.4 Å². The molecule has 1 aliphatic carbocycles. The van der Waals surface area contributed by atoms with Crippen molar-refractivity contribution in [1.82, 2.24) is 34.9 Å². The molecule has 0 atom stereocenters. The standard InChI is InChI=1S/C18H21N7O2/c1-11-10-12(2)25-17(21-11)23-15(24-25)16(26)22-13-4-6-14(7-5-13)27-18-19-8-3-9-20-18/h3,8-10,13-14H,4-7H2,1-2H3,(H,22,26). The number of rotatable bonds is 4. The van der Waals surface area contributed by atoms with Crippen LogP contribution in [0.15, 0.2) is 24.5 Å². The molecule has 1 N–H and O–H groups in total. The number of aromatic nitrogens is 6. The molecule has 3 heterocycles. The predicted octanol–water partition coefficient (Wildman–Crippen LogP) is 1.65. The van der Waals surface area contributed by atoms with E-state index in [0.29, 0.717) is 11.8 Å². The van der Waals surface area contributed by atoms with Crippen molar-refractivity contribution in [2.75, 3.05) is 0 Å². The maximum atomic E-state index is 12.5. The third kappa shape index (κ3) is 3.86. The van der Waals surface area contributed by atoms with Gasteiger partial charge >= 0.3 is 6.01 Å². The Morgan fingerprint density at radius 3 is 2.63 bits per heavy atom. The number of ether oxygens (including phenoxy) is 1. The molecular formula is C18H21N7O2. The quantitative estimate of drug-likeness (QED) is 0.747. The lowest BCUT2D eigenvalue weighted by Gasteiger charge is -2.28. The summed E-state index contributed by atoms with van der Waals surface area (Å²) in [6, 6.07) is 4.14. The third-order valence-electron chi connectivity index (χ3n) is 4.64. The zero-order valence-electron chi connectivity index (χ0n) is 15.3. The fraction of sp³-hybridized carbons (Fsp3) is 0.444. The molecule has 0 radical (unpaired) electrons. The Hall–Kier alpha value is -3.10. The zero-order chi connectivity index (χ0) is 18.8. The molecule has 0 aliphatic heterocycles. The highest BCUT2D eigenvalue weighted by Gasteiger charge is 2.26. The number of nitrogens with one attached hydrogen (secondary N) is 1. The van der Waals surface area contributed by atoms with Crippen LogP contribution in [0.2, 0.25) is 0 Å². The highest BCUT2D eigenvalue weighted by atomic mass is 16.5. The van der Waals surface area contributed by atoms with Crippen molar-refractivity contribution in [1.29, 1.82) is 0 Å². The number of hydrogen-bond donors (Lipinski definition) is 1. The van der Waals surface area contributed by atoms with E-state index in [9.17, 15) is 4.79 Å². The minimum Gasteiger partial charge on any atom is -0.460 e. The summed E-state index contributed by atoms with van der Waals surface area (Å²) < 4.78 is 7.38. The van der Waals surface area contributed by atoms with Crippen molar-refractivity contribution in [2.45, 2.75) is 51.7 Å². The Kier molecular flexibility index (Phi) is 4.66. The van der Waals surface area contributed by atoms with Crippen molar-refractivity contribution < 1.29 is 9.53 Å². The van der Waals surface area contributed by atoms with Crippen molar-refractivity contribution >= 4 is 11.7 Å².